The highest BCUT2D eigenvalue weighted by atomic mass is 28.4. The Labute approximate surface area is 368 Å². The summed E-state index contributed by atoms with van der Waals surface area (Å²) >= 11 is 0. The van der Waals surface area contributed by atoms with E-state index in [0.717, 1.165) is 5.75 Å². The van der Waals surface area contributed by atoms with E-state index in [1.165, 1.54) is 0 Å². The Kier molecular flexibility index (Phi) is 15.5. The Morgan fingerprint density at radius 2 is 1.03 bits per heavy atom. The Bertz CT molecular complexity index is 1980. The minimum absolute atomic E-state index is 0.166. The van der Waals surface area contributed by atoms with Gasteiger partial charge in [-0.15, -0.1) is 0 Å². The first-order valence-electron chi connectivity index (χ1n) is 21.3. The quantitative estimate of drug-likeness (QED) is 0.114. The summed E-state index contributed by atoms with van der Waals surface area (Å²) < 4.78 is 67.9. The van der Waals surface area contributed by atoms with Crippen LogP contribution < -0.4 is 23.4 Å². The van der Waals surface area contributed by atoms with Gasteiger partial charge in [-0.3, -0.25) is 4.79 Å². The van der Waals surface area contributed by atoms with Crippen LogP contribution in [0.25, 0.3) is 22.3 Å². The Morgan fingerprint density at radius 3 is 1.52 bits per heavy atom. The molecule has 18 heteroatoms. The normalized spacial score (nSPS) is 21.2. The molecule has 338 valence electrons. The summed E-state index contributed by atoms with van der Waals surface area (Å²) in [6.45, 7) is 45.1. The number of hydrogen-bond donors (Lipinski definition) is 0. The van der Waals surface area contributed by atoms with Gasteiger partial charge < -0.3 is 44.9 Å². The number of ether oxygens (including phenoxy) is 2. The van der Waals surface area contributed by atoms with E-state index in [0.29, 0.717) is 40.4 Å². The summed E-state index contributed by atoms with van der Waals surface area (Å²) in [6, 6.07) is 11.2. The van der Waals surface area contributed by atoms with Crippen molar-refractivity contribution in [2.45, 2.75) is 168 Å². The molecule has 0 N–H and O–H groups in total. The van der Waals surface area contributed by atoms with Crippen LogP contribution in [-0.4, -0.2) is 95.5 Å². The fourth-order valence-electron chi connectivity index (χ4n) is 6.54. The summed E-state index contributed by atoms with van der Waals surface area (Å²) in [5.74, 6) is 2.03. The van der Waals surface area contributed by atoms with Crippen molar-refractivity contribution in [3.8, 4) is 34.3 Å². The van der Waals surface area contributed by atoms with E-state index in [1.54, 1.807) is 12.1 Å². The van der Waals surface area contributed by atoms with E-state index in [1.807, 2.05) is 43.9 Å². The van der Waals surface area contributed by atoms with Gasteiger partial charge in [0.25, 0.3) is 0 Å². The van der Waals surface area contributed by atoms with Crippen LogP contribution in [0.3, 0.4) is 0 Å². The molecule has 0 amide bonds. The minimum atomic E-state index is -2.31. The number of hydrogen-bond acceptors (Lipinski definition) is 11. The molecule has 4 rings (SSSR count). The van der Waals surface area contributed by atoms with E-state index in [2.05, 4.69) is 118 Å². The molecule has 0 spiro atoms. The molecule has 2 heterocycles. The van der Waals surface area contributed by atoms with Gasteiger partial charge in [0.1, 0.15) is 52.6 Å². The van der Waals surface area contributed by atoms with E-state index in [-0.39, 0.29) is 11.2 Å². The van der Waals surface area contributed by atoms with Crippen LogP contribution in [0.2, 0.25) is 137 Å². The first-order valence-corrected chi connectivity index (χ1v) is 45.1. The summed E-state index contributed by atoms with van der Waals surface area (Å²) in [5, 5.41) is 0.296. The van der Waals surface area contributed by atoms with Gasteiger partial charge in [0.05, 0.1) is 6.61 Å². The minimum Gasteiger partial charge on any atom is -0.544 e. The Morgan fingerprint density at radius 1 is 0.533 bits per heavy atom. The maximum Gasteiger partial charge on any atom is 0.242 e. The van der Waals surface area contributed by atoms with Crippen LogP contribution in [0.5, 0.6) is 23.0 Å². The van der Waals surface area contributed by atoms with Crippen molar-refractivity contribution in [1.29, 1.82) is 0 Å². The molecule has 5 atom stereocenters. The molecule has 0 aliphatic carbocycles. The number of fused-ring (bicyclic) bond motifs is 1. The fraction of sp³-hybridized carbons (Fsp3) is 0.643. The summed E-state index contributed by atoms with van der Waals surface area (Å²) in [6.07, 6.45) is -3.02. The van der Waals surface area contributed by atoms with Crippen molar-refractivity contribution in [3.05, 3.63) is 46.6 Å². The van der Waals surface area contributed by atoms with Crippen molar-refractivity contribution in [2.75, 3.05) is 6.61 Å². The van der Waals surface area contributed by atoms with E-state index in [4.69, 9.17) is 44.9 Å². The predicted octanol–water partition coefficient (Wildman–Crippen LogP) is 11.7. The van der Waals surface area contributed by atoms with Gasteiger partial charge in [0, 0.05) is 17.7 Å². The molecule has 11 nitrogen and oxygen atoms in total. The standard InChI is InChI=1S/C42H76O11Si7/c1-54(2,3)44-28-34-38(50-57(10,11)12)40(52-59(16,17)18)41(53-60(19,20)21)42(47-34)45-31-26-32-35(33(27-31)49-56(7,8)9)36(43)39(51-58(13,14)15)37(46-32)29-22-24-30(25-23-29)48-55(4,5)6/h22-27,34,38,40-42H,28H2,1-21H3. The molecule has 1 aliphatic rings. The van der Waals surface area contributed by atoms with Gasteiger partial charge in [0.15, 0.2) is 44.8 Å². The lowest BCUT2D eigenvalue weighted by Crippen LogP contribution is -2.67. The molecule has 0 bridgehead atoms. The Balaban J connectivity index is 1.98. The molecule has 5 unspecified atom stereocenters. The molecule has 3 aromatic rings. The summed E-state index contributed by atoms with van der Waals surface area (Å²) in [7, 11) is -15.0. The zero-order chi connectivity index (χ0) is 45.6. The number of benzene rings is 2. The molecule has 60 heavy (non-hydrogen) atoms. The predicted molar refractivity (Wildman–Crippen MR) is 263 cm³/mol. The third-order valence-corrected chi connectivity index (χ3v) is 14.7. The van der Waals surface area contributed by atoms with Gasteiger partial charge in [-0.05, 0) is 162 Å². The monoisotopic (exact) mass is 952 g/mol. The van der Waals surface area contributed by atoms with Gasteiger partial charge in [-0.1, -0.05) is 0 Å². The van der Waals surface area contributed by atoms with Crippen molar-refractivity contribution in [2.24, 2.45) is 0 Å². The maximum absolute atomic E-state index is 14.8. The second-order valence-electron chi connectivity index (χ2n) is 22.7. The summed E-state index contributed by atoms with van der Waals surface area (Å²) in [5.41, 5.74) is 0.690. The lowest BCUT2D eigenvalue weighted by molar-refractivity contribution is -0.265. The molecule has 2 aromatic carbocycles. The molecule has 1 aliphatic heterocycles. The number of rotatable bonds is 18. The van der Waals surface area contributed by atoms with Crippen LogP contribution in [0.15, 0.2) is 45.6 Å². The largest absolute Gasteiger partial charge is 0.544 e. The van der Waals surface area contributed by atoms with E-state index < -0.39 is 88.9 Å². The lowest BCUT2D eigenvalue weighted by Gasteiger charge is -2.50. The van der Waals surface area contributed by atoms with Gasteiger partial charge in [0.2, 0.25) is 36.7 Å². The van der Waals surface area contributed by atoms with Gasteiger partial charge >= 0.3 is 0 Å². The topological polar surface area (TPSA) is 113 Å². The van der Waals surface area contributed by atoms with Crippen LogP contribution in [0, 0.1) is 0 Å². The summed E-state index contributed by atoms with van der Waals surface area (Å²) in [4.78, 5) is 14.8. The highest BCUT2D eigenvalue weighted by Crippen LogP contribution is 2.41. The molecule has 1 saturated heterocycles. The van der Waals surface area contributed by atoms with Crippen LogP contribution in [0.1, 0.15) is 0 Å². The third kappa shape index (κ3) is 15.8. The zero-order valence-electron chi connectivity index (χ0n) is 40.5. The lowest BCUT2D eigenvalue weighted by atomic mass is 9.99. The molecule has 1 aromatic heterocycles. The first-order chi connectivity index (χ1) is 27.0. The zero-order valence-corrected chi connectivity index (χ0v) is 47.5. The van der Waals surface area contributed by atoms with Crippen molar-refractivity contribution in [3.63, 3.8) is 0 Å². The van der Waals surface area contributed by atoms with Gasteiger partial charge in [-0.25, -0.2) is 0 Å². The fourth-order valence-corrected chi connectivity index (χ4v) is 12.9. The van der Waals surface area contributed by atoms with E-state index >= 15 is 0 Å². The third-order valence-electron chi connectivity index (χ3n) is 8.25. The van der Waals surface area contributed by atoms with Crippen molar-refractivity contribution in [1.82, 2.24) is 0 Å². The first kappa shape index (κ1) is 50.8. The highest BCUT2D eigenvalue weighted by molar-refractivity contribution is 6.72. The second kappa shape index (κ2) is 18.3. The van der Waals surface area contributed by atoms with Crippen LogP contribution >= 0.6 is 0 Å². The molecule has 1 fully saturated rings. The van der Waals surface area contributed by atoms with Gasteiger partial charge in [-0.2, -0.15) is 0 Å². The average Bonchev–Trinajstić information content (AvgIpc) is 3.00. The van der Waals surface area contributed by atoms with E-state index in [9.17, 15) is 4.79 Å². The van der Waals surface area contributed by atoms with Crippen molar-refractivity contribution < 1.29 is 44.9 Å². The molecular formula is C42H76O11Si7. The molecule has 0 radical (unpaired) electrons. The SMILES string of the molecule is C[Si](C)(C)OCC1OC(Oc2cc(O[Si](C)(C)C)c3c(=O)c(O[Si](C)(C)C)c(-c4ccc(O[Si](C)(C)C)cc4)oc3c2)C(O[Si](C)(C)C)C(O[Si](C)(C)C)C1O[Si](C)(C)C. The van der Waals surface area contributed by atoms with Crippen LogP contribution in [0.4, 0.5) is 0 Å². The van der Waals surface area contributed by atoms with Crippen molar-refractivity contribution >= 4 is 69.2 Å². The smallest absolute Gasteiger partial charge is 0.242 e. The molecule has 0 saturated carbocycles. The highest BCUT2D eigenvalue weighted by Gasteiger charge is 2.53. The Hall–Kier alpha value is -1.83. The van der Waals surface area contributed by atoms with Crippen LogP contribution in [-0.2, 0) is 22.4 Å². The maximum atomic E-state index is 14.8. The average molecular weight is 954 g/mol. The second-order valence-corrected chi connectivity index (χ2v) is 53.9. The molecular weight excluding hydrogens is 877 g/mol.